The molecular formula is C32H35N7O4. The van der Waals surface area contributed by atoms with E-state index in [9.17, 15) is 19.5 Å². The number of phenols is 1. The molecule has 4 aromatic rings. The van der Waals surface area contributed by atoms with E-state index in [4.69, 9.17) is 0 Å². The highest BCUT2D eigenvalue weighted by molar-refractivity contribution is 5.91. The Morgan fingerprint density at radius 3 is 2.42 bits per heavy atom. The summed E-state index contributed by atoms with van der Waals surface area (Å²) in [4.78, 5) is 50.7. The van der Waals surface area contributed by atoms with E-state index in [0.29, 0.717) is 11.9 Å². The first kappa shape index (κ1) is 29.6. The number of phenolic OH excluding ortho intramolecular Hbond substituents is 1. The number of fused-ring (bicyclic) bond motifs is 2. The fraction of sp³-hybridized carbons (Fsp3) is 0.281. The molecule has 2 N–H and O–H groups in total. The number of carbonyl (C=O) groups excluding carboxylic acids is 3. The van der Waals surface area contributed by atoms with Gasteiger partial charge in [-0.3, -0.25) is 29.4 Å². The molecule has 0 saturated carbocycles. The van der Waals surface area contributed by atoms with Crippen LogP contribution in [0.3, 0.4) is 0 Å². The summed E-state index contributed by atoms with van der Waals surface area (Å²) >= 11 is 0. The van der Waals surface area contributed by atoms with Crippen LogP contribution in [0.25, 0.3) is 11.0 Å². The minimum absolute atomic E-state index is 0.00745. The van der Waals surface area contributed by atoms with Gasteiger partial charge in [0.05, 0.1) is 24.1 Å². The Kier molecular flexibility index (Phi) is 9.23. The lowest BCUT2D eigenvalue weighted by Crippen LogP contribution is -2.74. The second-order valence-electron chi connectivity index (χ2n) is 10.5. The fourth-order valence-corrected chi connectivity index (χ4v) is 5.57. The Morgan fingerprint density at radius 1 is 0.953 bits per heavy atom. The highest BCUT2D eigenvalue weighted by atomic mass is 16.3. The zero-order valence-corrected chi connectivity index (χ0v) is 24.2. The maximum atomic E-state index is 13.7. The molecule has 2 aliphatic heterocycles. The summed E-state index contributed by atoms with van der Waals surface area (Å²) in [5.74, 6) is -0.287. The Balaban J connectivity index is 0.000000351. The first-order valence-corrected chi connectivity index (χ1v) is 14.1. The van der Waals surface area contributed by atoms with Crippen molar-refractivity contribution in [3.05, 3.63) is 102 Å². The number of piperazine rings is 1. The molecule has 43 heavy (non-hydrogen) atoms. The third-order valence-electron chi connectivity index (χ3n) is 7.63. The van der Waals surface area contributed by atoms with Crippen molar-refractivity contribution < 1.29 is 19.5 Å². The van der Waals surface area contributed by atoms with Crippen LogP contribution in [-0.2, 0) is 33.9 Å². The topological polar surface area (TPSA) is 122 Å². The summed E-state index contributed by atoms with van der Waals surface area (Å²) in [6.07, 6.45) is 3.57. The van der Waals surface area contributed by atoms with Crippen LogP contribution in [0.5, 0.6) is 5.75 Å². The molecule has 0 radical (unpaired) electrons. The van der Waals surface area contributed by atoms with Crippen molar-refractivity contribution in [2.45, 2.75) is 31.7 Å². The first-order valence-electron chi connectivity index (χ1n) is 14.1. The molecule has 0 spiro atoms. The Labute approximate surface area is 250 Å². The van der Waals surface area contributed by atoms with Crippen molar-refractivity contribution in [1.82, 2.24) is 35.1 Å². The van der Waals surface area contributed by atoms with Gasteiger partial charge < -0.3 is 20.2 Å². The lowest BCUT2D eigenvalue weighted by molar-refractivity contribution is -0.196. The van der Waals surface area contributed by atoms with Crippen molar-refractivity contribution in [3.8, 4) is 5.75 Å². The molecule has 11 heteroatoms. The maximum absolute atomic E-state index is 13.7. The van der Waals surface area contributed by atoms with Gasteiger partial charge in [-0.15, -0.1) is 0 Å². The average Bonchev–Trinajstić information content (AvgIpc) is 3.01. The summed E-state index contributed by atoms with van der Waals surface area (Å²) in [6, 6.07) is 21.8. The molecule has 1 unspecified atom stereocenters. The molecule has 0 aliphatic carbocycles. The predicted molar refractivity (Wildman–Crippen MR) is 161 cm³/mol. The van der Waals surface area contributed by atoms with Gasteiger partial charge >= 0.3 is 0 Å². The van der Waals surface area contributed by atoms with E-state index < -0.39 is 12.2 Å². The summed E-state index contributed by atoms with van der Waals surface area (Å²) in [5, 5.41) is 15.8. The number of hydrazine groups is 1. The lowest BCUT2D eigenvalue weighted by atomic mass is 9.98. The number of hydrogen-bond donors (Lipinski definition) is 2. The van der Waals surface area contributed by atoms with Gasteiger partial charge in [0.25, 0.3) is 0 Å². The van der Waals surface area contributed by atoms with Crippen LogP contribution >= 0.6 is 0 Å². The van der Waals surface area contributed by atoms with Crippen LogP contribution in [-0.4, -0.2) is 92.5 Å². The van der Waals surface area contributed by atoms with Crippen molar-refractivity contribution >= 4 is 29.3 Å². The third-order valence-corrected chi connectivity index (χ3v) is 7.63. The van der Waals surface area contributed by atoms with Gasteiger partial charge in [-0.25, -0.2) is 5.01 Å². The number of hydrogen-bond acceptors (Lipinski definition) is 8. The van der Waals surface area contributed by atoms with E-state index in [-0.39, 0.29) is 43.6 Å². The molecule has 2 saturated heterocycles. The largest absolute Gasteiger partial charge is 0.508 e. The minimum atomic E-state index is -0.784. The van der Waals surface area contributed by atoms with Crippen LogP contribution in [0.4, 0.5) is 0 Å². The number of likely N-dealkylation sites (N-methyl/N-ethyl adjacent to an activating group) is 1. The highest BCUT2D eigenvalue weighted by Gasteiger charge is 2.49. The van der Waals surface area contributed by atoms with Crippen molar-refractivity contribution in [2.24, 2.45) is 0 Å². The number of para-hydroxylation sites is 1. The van der Waals surface area contributed by atoms with Gasteiger partial charge in [0.1, 0.15) is 18.0 Å². The zero-order chi connectivity index (χ0) is 30.3. The van der Waals surface area contributed by atoms with E-state index in [1.165, 1.54) is 15.5 Å². The number of aromatic nitrogens is 2. The molecular weight excluding hydrogens is 546 g/mol. The van der Waals surface area contributed by atoms with Gasteiger partial charge in [0.15, 0.2) is 0 Å². The fourth-order valence-electron chi connectivity index (χ4n) is 5.57. The number of benzene rings is 3. The van der Waals surface area contributed by atoms with Crippen LogP contribution in [0, 0.1) is 0 Å². The van der Waals surface area contributed by atoms with Gasteiger partial charge in [-0.1, -0.05) is 54.6 Å². The molecule has 222 valence electrons. The number of nitrogens with one attached hydrogen (secondary N) is 1. The van der Waals surface area contributed by atoms with Crippen LogP contribution in [0.15, 0.2) is 85.2 Å². The van der Waals surface area contributed by atoms with Gasteiger partial charge in [0, 0.05) is 39.0 Å². The van der Waals surface area contributed by atoms with Gasteiger partial charge in [-0.2, -0.15) is 0 Å². The molecule has 3 aromatic carbocycles. The number of aromatic hydroxyl groups is 1. The van der Waals surface area contributed by atoms with E-state index >= 15 is 0 Å². The first-order chi connectivity index (χ1) is 20.9. The molecule has 6 rings (SSSR count). The zero-order valence-electron chi connectivity index (χ0n) is 24.2. The second-order valence-corrected chi connectivity index (χ2v) is 10.5. The Hall–Kier alpha value is -4.87. The van der Waals surface area contributed by atoms with E-state index in [1.807, 2.05) is 43.4 Å². The number of nitrogens with zero attached hydrogens (tertiary/aromatic N) is 6. The minimum Gasteiger partial charge on any atom is -0.508 e. The molecule has 11 nitrogen and oxygen atoms in total. The molecule has 1 aromatic heterocycles. The highest BCUT2D eigenvalue weighted by Crippen LogP contribution is 2.29. The van der Waals surface area contributed by atoms with Crippen LogP contribution in [0.1, 0.15) is 16.7 Å². The van der Waals surface area contributed by atoms with Crippen molar-refractivity contribution in [1.29, 1.82) is 0 Å². The molecule has 2 atom stereocenters. The predicted octanol–water partition coefficient (Wildman–Crippen LogP) is 2.17. The number of carbonyl (C=O) groups is 3. The molecule has 0 bridgehead atoms. The average molecular weight is 582 g/mol. The monoisotopic (exact) mass is 581 g/mol. The smallest absolute Gasteiger partial charge is 0.246 e. The number of amides is 3. The summed E-state index contributed by atoms with van der Waals surface area (Å²) in [7, 11) is 3.63. The summed E-state index contributed by atoms with van der Waals surface area (Å²) in [5.41, 5.74) is 4.41. The molecule has 3 heterocycles. The standard InChI is InChI=1S/C24H24N6O4.C8H11N/c1-27-14-22(33)30-20(11-16-5-7-18(32)8-6-16)24(34)28(13-21(30)29(27)15-31)12-17-3-2-4-19-23(17)26-10-9-25-19;1-9-7-8-5-3-2-4-6-8/h2-10,15,20-21,32H,11-14H2,1H3;2-6,9H,7H2,1H3/t20-,21?;/m0./s1. The molecule has 2 aliphatic rings. The van der Waals surface area contributed by atoms with Crippen LogP contribution < -0.4 is 5.32 Å². The maximum Gasteiger partial charge on any atom is 0.246 e. The second kappa shape index (κ2) is 13.4. The normalized spacial score (nSPS) is 18.7. The van der Waals surface area contributed by atoms with Gasteiger partial charge in [0.2, 0.25) is 18.2 Å². The quantitative estimate of drug-likeness (QED) is 0.319. The third kappa shape index (κ3) is 6.63. The van der Waals surface area contributed by atoms with Crippen molar-refractivity contribution in [3.63, 3.8) is 0 Å². The Bertz CT molecular complexity index is 1560. The van der Waals surface area contributed by atoms with E-state index in [2.05, 4.69) is 27.4 Å². The summed E-state index contributed by atoms with van der Waals surface area (Å²) < 4.78 is 0. The SMILES string of the molecule is CN1CC(=O)N2C(CN(Cc3cccc4nccnc34)C(=O)[C@@H]2Cc2ccc(O)cc2)N1C=O.CNCc1ccccc1. The van der Waals surface area contributed by atoms with Crippen LogP contribution in [0.2, 0.25) is 0 Å². The van der Waals surface area contributed by atoms with E-state index in [1.54, 1.807) is 53.6 Å². The Morgan fingerprint density at radius 2 is 1.70 bits per heavy atom. The van der Waals surface area contributed by atoms with Crippen molar-refractivity contribution in [2.75, 3.05) is 27.2 Å². The van der Waals surface area contributed by atoms with E-state index in [0.717, 1.165) is 23.2 Å². The van der Waals surface area contributed by atoms with Gasteiger partial charge in [-0.05, 0) is 41.9 Å². The molecule has 3 amide bonds. The summed E-state index contributed by atoms with van der Waals surface area (Å²) in [6.45, 7) is 1.42. The number of rotatable bonds is 7. The molecule has 2 fully saturated rings. The lowest BCUT2D eigenvalue weighted by Gasteiger charge is -2.53.